The van der Waals surface area contributed by atoms with Gasteiger partial charge in [-0.25, -0.2) is 9.59 Å². The van der Waals surface area contributed by atoms with Gasteiger partial charge in [-0.2, -0.15) is 0 Å². The fourth-order valence-corrected chi connectivity index (χ4v) is 4.00. The summed E-state index contributed by atoms with van der Waals surface area (Å²) in [4.78, 5) is 26.7. The van der Waals surface area contributed by atoms with Crippen LogP contribution in [0.25, 0.3) is 0 Å². The Kier molecular flexibility index (Phi) is 7.37. The Morgan fingerprint density at radius 1 is 0.909 bits per heavy atom. The molecule has 1 aliphatic carbocycles. The number of aliphatic hydroxyl groups excluding tert-OH is 1. The Hall–Kier alpha value is -3.64. The summed E-state index contributed by atoms with van der Waals surface area (Å²) in [6.45, 7) is 0.602. The zero-order chi connectivity index (χ0) is 23.0. The van der Waals surface area contributed by atoms with E-state index >= 15 is 0 Å². The van der Waals surface area contributed by atoms with Gasteiger partial charge in [-0.1, -0.05) is 48.5 Å². The Morgan fingerprint density at radius 3 is 2.42 bits per heavy atom. The van der Waals surface area contributed by atoms with Crippen LogP contribution in [0.15, 0.2) is 72.8 Å². The maximum absolute atomic E-state index is 12.8. The number of rotatable bonds is 8. The summed E-state index contributed by atoms with van der Waals surface area (Å²) in [5, 5.41) is 12.4. The molecule has 0 atom stereocenters. The fourth-order valence-electron chi connectivity index (χ4n) is 4.00. The second kappa shape index (κ2) is 10.8. The molecule has 0 aliphatic heterocycles. The summed E-state index contributed by atoms with van der Waals surface area (Å²) in [5.41, 5.74) is 5.63. The standard InChI is InChI=1S/C27H28N2O4/c30-16-15-29(27(32)28-25-14-13-22-7-4-8-24(22)17-25)18-20-9-11-23(12-10-20)26(31)33-19-21-5-2-1-3-6-21/h1-3,5-6,9-14,17,30H,4,7-8,15-16,18-19H2,(H,28,32). The number of carbonyl (C=O) groups is 2. The first kappa shape index (κ1) is 22.6. The largest absolute Gasteiger partial charge is 0.457 e. The maximum Gasteiger partial charge on any atom is 0.338 e. The fraction of sp³-hybridized carbons (Fsp3) is 0.259. The van der Waals surface area contributed by atoms with Crippen molar-refractivity contribution in [2.45, 2.75) is 32.4 Å². The predicted octanol–water partition coefficient (Wildman–Crippen LogP) is 4.56. The SMILES string of the molecule is O=C(OCc1ccccc1)c1ccc(CN(CCO)C(=O)Nc2ccc3c(c2)CCC3)cc1. The van der Waals surface area contributed by atoms with E-state index < -0.39 is 5.97 Å². The van der Waals surface area contributed by atoms with Gasteiger partial charge in [0.25, 0.3) is 0 Å². The summed E-state index contributed by atoms with van der Waals surface area (Å²) < 4.78 is 5.36. The Labute approximate surface area is 193 Å². The van der Waals surface area contributed by atoms with Gasteiger partial charge >= 0.3 is 12.0 Å². The van der Waals surface area contributed by atoms with Gasteiger partial charge in [0.15, 0.2) is 0 Å². The molecule has 1 aliphatic rings. The van der Waals surface area contributed by atoms with Crippen LogP contribution in [0, 0.1) is 0 Å². The van der Waals surface area contributed by atoms with Gasteiger partial charge in [-0.15, -0.1) is 0 Å². The van der Waals surface area contributed by atoms with Crippen LogP contribution in [0.5, 0.6) is 0 Å². The smallest absolute Gasteiger partial charge is 0.338 e. The third kappa shape index (κ3) is 5.99. The first-order valence-electron chi connectivity index (χ1n) is 11.2. The molecule has 2 amide bonds. The van der Waals surface area contributed by atoms with Gasteiger partial charge in [-0.05, 0) is 65.8 Å². The lowest BCUT2D eigenvalue weighted by Gasteiger charge is -2.22. The molecule has 170 valence electrons. The number of nitrogens with zero attached hydrogens (tertiary/aromatic N) is 1. The zero-order valence-corrected chi connectivity index (χ0v) is 18.5. The number of hydrogen-bond acceptors (Lipinski definition) is 4. The van der Waals surface area contributed by atoms with Crippen molar-refractivity contribution in [2.24, 2.45) is 0 Å². The van der Waals surface area contributed by atoms with Gasteiger partial charge in [0.05, 0.1) is 12.2 Å². The van der Waals surface area contributed by atoms with Crippen LogP contribution in [-0.2, 0) is 30.7 Å². The van der Waals surface area contributed by atoms with Crippen molar-refractivity contribution >= 4 is 17.7 Å². The molecule has 33 heavy (non-hydrogen) atoms. The minimum Gasteiger partial charge on any atom is -0.457 e. The number of esters is 1. The molecule has 0 fully saturated rings. The van der Waals surface area contributed by atoms with E-state index in [2.05, 4.69) is 11.4 Å². The van der Waals surface area contributed by atoms with Crippen LogP contribution >= 0.6 is 0 Å². The van der Waals surface area contributed by atoms with E-state index in [0.717, 1.165) is 36.1 Å². The summed E-state index contributed by atoms with van der Waals surface area (Å²) in [5.74, 6) is -0.396. The molecule has 6 nitrogen and oxygen atoms in total. The highest BCUT2D eigenvalue weighted by Crippen LogP contribution is 2.25. The van der Waals surface area contributed by atoms with Crippen LogP contribution in [0.3, 0.4) is 0 Å². The van der Waals surface area contributed by atoms with E-state index in [1.807, 2.05) is 42.5 Å². The van der Waals surface area contributed by atoms with E-state index in [0.29, 0.717) is 12.1 Å². The van der Waals surface area contributed by atoms with E-state index in [9.17, 15) is 14.7 Å². The number of nitrogens with one attached hydrogen (secondary N) is 1. The van der Waals surface area contributed by atoms with Gasteiger partial charge in [0.1, 0.15) is 6.61 Å². The van der Waals surface area contributed by atoms with Crippen molar-refractivity contribution in [1.29, 1.82) is 0 Å². The molecular formula is C27H28N2O4. The quantitative estimate of drug-likeness (QED) is 0.499. The predicted molar refractivity (Wildman–Crippen MR) is 127 cm³/mol. The molecule has 0 saturated heterocycles. The van der Waals surface area contributed by atoms with E-state index in [-0.39, 0.29) is 25.8 Å². The average molecular weight is 445 g/mol. The summed E-state index contributed by atoms with van der Waals surface area (Å²) in [6.07, 6.45) is 3.29. The highest BCUT2D eigenvalue weighted by molar-refractivity contribution is 5.90. The minimum atomic E-state index is -0.396. The van der Waals surface area contributed by atoms with Crippen molar-refractivity contribution in [3.8, 4) is 0 Å². The summed E-state index contributed by atoms with van der Waals surface area (Å²) >= 11 is 0. The Bertz CT molecular complexity index is 1100. The first-order chi connectivity index (χ1) is 16.1. The van der Waals surface area contributed by atoms with Crippen molar-refractivity contribution in [3.63, 3.8) is 0 Å². The Balaban J connectivity index is 1.35. The molecule has 6 heteroatoms. The number of benzene rings is 3. The summed E-state index contributed by atoms with van der Waals surface area (Å²) in [6, 6.07) is 22.3. The van der Waals surface area contributed by atoms with Gasteiger partial charge < -0.3 is 20.1 Å². The lowest BCUT2D eigenvalue weighted by Crippen LogP contribution is -2.36. The topological polar surface area (TPSA) is 78.9 Å². The second-order valence-electron chi connectivity index (χ2n) is 8.17. The lowest BCUT2D eigenvalue weighted by atomic mass is 10.1. The third-order valence-electron chi connectivity index (χ3n) is 5.78. The maximum atomic E-state index is 12.8. The van der Waals surface area contributed by atoms with E-state index in [1.165, 1.54) is 11.1 Å². The minimum absolute atomic E-state index is 0.137. The highest BCUT2D eigenvalue weighted by atomic mass is 16.5. The van der Waals surface area contributed by atoms with Crippen LogP contribution in [0.1, 0.15) is 39.0 Å². The van der Waals surface area contributed by atoms with Crippen molar-refractivity contribution in [3.05, 3.63) is 101 Å². The van der Waals surface area contributed by atoms with Crippen LogP contribution in [-0.4, -0.2) is 35.2 Å². The van der Waals surface area contributed by atoms with Gasteiger partial charge in [0.2, 0.25) is 0 Å². The highest BCUT2D eigenvalue weighted by Gasteiger charge is 2.16. The molecule has 3 aromatic carbocycles. The van der Waals surface area contributed by atoms with Crippen LogP contribution in [0.2, 0.25) is 0 Å². The number of amides is 2. The monoisotopic (exact) mass is 444 g/mol. The van der Waals surface area contributed by atoms with Crippen LogP contribution in [0.4, 0.5) is 10.5 Å². The Morgan fingerprint density at radius 2 is 1.67 bits per heavy atom. The van der Waals surface area contributed by atoms with Crippen molar-refractivity contribution < 1.29 is 19.4 Å². The molecule has 2 N–H and O–H groups in total. The molecule has 0 bridgehead atoms. The van der Waals surface area contributed by atoms with E-state index in [1.54, 1.807) is 29.2 Å². The van der Waals surface area contributed by atoms with Crippen LogP contribution < -0.4 is 5.32 Å². The zero-order valence-electron chi connectivity index (χ0n) is 18.5. The number of aliphatic hydroxyl groups is 1. The molecule has 0 unspecified atom stereocenters. The van der Waals surface area contributed by atoms with E-state index in [4.69, 9.17) is 4.74 Å². The normalized spacial score (nSPS) is 12.2. The number of aryl methyl sites for hydroxylation is 2. The first-order valence-corrected chi connectivity index (χ1v) is 11.2. The number of fused-ring (bicyclic) bond motifs is 1. The molecule has 0 heterocycles. The average Bonchev–Trinajstić information content (AvgIpc) is 3.31. The summed E-state index contributed by atoms with van der Waals surface area (Å²) in [7, 11) is 0. The molecule has 0 radical (unpaired) electrons. The molecule has 0 spiro atoms. The lowest BCUT2D eigenvalue weighted by molar-refractivity contribution is 0.0472. The number of anilines is 1. The molecular weight excluding hydrogens is 416 g/mol. The van der Waals surface area contributed by atoms with Gasteiger partial charge in [-0.3, -0.25) is 0 Å². The molecule has 0 saturated carbocycles. The second-order valence-corrected chi connectivity index (χ2v) is 8.17. The number of urea groups is 1. The van der Waals surface area contributed by atoms with Gasteiger partial charge in [0, 0.05) is 18.8 Å². The van der Waals surface area contributed by atoms with Crippen molar-refractivity contribution in [2.75, 3.05) is 18.5 Å². The molecule has 0 aromatic heterocycles. The number of hydrogen-bond donors (Lipinski definition) is 2. The van der Waals surface area contributed by atoms with Crippen molar-refractivity contribution in [1.82, 2.24) is 4.90 Å². The molecule has 3 aromatic rings. The molecule has 4 rings (SSSR count). The third-order valence-corrected chi connectivity index (χ3v) is 5.78. The number of carbonyl (C=O) groups excluding carboxylic acids is 2. The number of ether oxygens (including phenoxy) is 1.